The second-order valence-corrected chi connectivity index (χ2v) is 6.16. The Morgan fingerprint density at radius 1 is 1.11 bits per heavy atom. The third-order valence-corrected chi connectivity index (χ3v) is 4.19. The Balaban J connectivity index is 1.60. The fourth-order valence-corrected chi connectivity index (χ4v) is 2.83. The van der Waals surface area contributed by atoms with Crippen molar-refractivity contribution >= 4 is 17.9 Å². The highest BCUT2D eigenvalue weighted by Gasteiger charge is 2.26. The molecule has 0 unspecified atom stereocenters. The summed E-state index contributed by atoms with van der Waals surface area (Å²) < 4.78 is 27.0. The van der Waals surface area contributed by atoms with Crippen molar-refractivity contribution in [2.45, 2.75) is 13.3 Å². The Morgan fingerprint density at radius 3 is 2.79 bits per heavy atom. The lowest BCUT2D eigenvalue weighted by molar-refractivity contribution is -0.129. The van der Waals surface area contributed by atoms with Gasteiger partial charge < -0.3 is 23.7 Å². The van der Waals surface area contributed by atoms with Gasteiger partial charge in [0.15, 0.2) is 28.7 Å². The van der Waals surface area contributed by atoms with Gasteiger partial charge in [-0.3, -0.25) is 0 Å². The molecule has 2 aromatic carbocycles. The predicted molar refractivity (Wildman–Crippen MR) is 102 cm³/mol. The van der Waals surface area contributed by atoms with Crippen LogP contribution >= 0.6 is 0 Å². The molecule has 0 atom stereocenters. The average molecular weight is 381 g/mol. The maximum atomic E-state index is 12.2. The van der Waals surface area contributed by atoms with Crippen LogP contribution < -0.4 is 18.9 Å². The van der Waals surface area contributed by atoms with Gasteiger partial charge in [0.2, 0.25) is 12.7 Å². The Morgan fingerprint density at radius 2 is 1.96 bits per heavy atom. The van der Waals surface area contributed by atoms with Crippen LogP contribution in [0.5, 0.6) is 23.0 Å². The van der Waals surface area contributed by atoms with E-state index >= 15 is 0 Å². The molecular formula is C21H19NO6. The molecule has 0 aliphatic carbocycles. The summed E-state index contributed by atoms with van der Waals surface area (Å²) in [5.41, 5.74) is 1.60. The zero-order valence-electron chi connectivity index (χ0n) is 15.6. The van der Waals surface area contributed by atoms with Gasteiger partial charge in [0.1, 0.15) is 0 Å². The Labute approximate surface area is 162 Å². The molecule has 0 amide bonds. The molecule has 0 fully saturated rings. The normalized spacial score (nSPS) is 16.1. The molecule has 28 heavy (non-hydrogen) atoms. The van der Waals surface area contributed by atoms with E-state index in [1.807, 2.05) is 19.1 Å². The van der Waals surface area contributed by atoms with Gasteiger partial charge in [-0.2, -0.15) is 0 Å². The number of ether oxygens (including phenoxy) is 5. The molecule has 0 saturated carbocycles. The molecular weight excluding hydrogens is 362 g/mol. The van der Waals surface area contributed by atoms with E-state index in [0.717, 1.165) is 12.0 Å². The summed E-state index contributed by atoms with van der Waals surface area (Å²) in [7, 11) is 1.57. The van der Waals surface area contributed by atoms with Crippen molar-refractivity contribution in [3.63, 3.8) is 0 Å². The molecule has 0 aromatic heterocycles. The SMILES string of the molecule is CCCOc1ccc(C=C2N=C(c3ccc4c(c3)OCO4)OC2=O)cc1OC. The number of hydrogen-bond donors (Lipinski definition) is 0. The van der Waals surface area contributed by atoms with E-state index in [4.69, 9.17) is 23.7 Å². The molecule has 7 nitrogen and oxygen atoms in total. The van der Waals surface area contributed by atoms with Gasteiger partial charge in [0.05, 0.1) is 13.7 Å². The van der Waals surface area contributed by atoms with Crippen molar-refractivity contribution in [1.29, 1.82) is 0 Å². The zero-order chi connectivity index (χ0) is 19.5. The minimum Gasteiger partial charge on any atom is -0.493 e. The van der Waals surface area contributed by atoms with Crippen molar-refractivity contribution in [2.75, 3.05) is 20.5 Å². The number of rotatable bonds is 6. The largest absolute Gasteiger partial charge is 0.493 e. The van der Waals surface area contributed by atoms with Crippen molar-refractivity contribution in [1.82, 2.24) is 0 Å². The van der Waals surface area contributed by atoms with Crippen LogP contribution in [0.25, 0.3) is 6.08 Å². The van der Waals surface area contributed by atoms with Crippen LogP contribution in [0.4, 0.5) is 0 Å². The topological polar surface area (TPSA) is 75.6 Å². The number of nitrogens with zero attached hydrogens (tertiary/aromatic N) is 1. The van der Waals surface area contributed by atoms with Gasteiger partial charge in [-0.05, 0) is 48.4 Å². The van der Waals surface area contributed by atoms with Gasteiger partial charge in [-0.25, -0.2) is 9.79 Å². The lowest BCUT2D eigenvalue weighted by Gasteiger charge is -2.10. The van der Waals surface area contributed by atoms with Crippen LogP contribution in [0.2, 0.25) is 0 Å². The highest BCUT2D eigenvalue weighted by molar-refractivity contribution is 6.13. The molecule has 0 bridgehead atoms. The predicted octanol–water partition coefficient (Wildman–Crippen LogP) is 3.56. The minimum atomic E-state index is -0.516. The van der Waals surface area contributed by atoms with Crippen molar-refractivity contribution in [2.24, 2.45) is 4.99 Å². The third-order valence-electron chi connectivity index (χ3n) is 4.19. The van der Waals surface area contributed by atoms with E-state index in [1.165, 1.54) is 0 Å². The summed E-state index contributed by atoms with van der Waals surface area (Å²) >= 11 is 0. The van der Waals surface area contributed by atoms with Crippen LogP contribution in [0.3, 0.4) is 0 Å². The molecule has 0 spiro atoms. The number of aliphatic imine (C=N–C) groups is 1. The second kappa shape index (κ2) is 7.64. The molecule has 144 valence electrons. The lowest BCUT2D eigenvalue weighted by Crippen LogP contribution is -2.05. The van der Waals surface area contributed by atoms with Gasteiger partial charge in [-0.1, -0.05) is 13.0 Å². The van der Waals surface area contributed by atoms with E-state index in [2.05, 4.69) is 4.99 Å². The number of methoxy groups -OCH3 is 1. The first-order valence-electron chi connectivity index (χ1n) is 8.91. The van der Waals surface area contributed by atoms with Crippen LogP contribution in [0, 0.1) is 0 Å². The number of cyclic esters (lactones) is 1. The molecule has 7 heteroatoms. The third kappa shape index (κ3) is 3.51. The number of esters is 1. The number of benzene rings is 2. The zero-order valence-corrected chi connectivity index (χ0v) is 15.6. The molecule has 2 aliphatic rings. The molecule has 0 saturated heterocycles. The van der Waals surface area contributed by atoms with Crippen LogP contribution in [0.1, 0.15) is 24.5 Å². The van der Waals surface area contributed by atoms with E-state index in [0.29, 0.717) is 35.2 Å². The quantitative estimate of drug-likeness (QED) is 0.563. The van der Waals surface area contributed by atoms with E-state index < -0.39 is 5.97 Å². The first kappa shape index (κ1) is 17.9. The van der Waals surface area contributed by atoms with Gasteiger partial charge in [0.25, 0.3) is 0 Å². The molecule has 0 radical (unpaired) electrons. The van der Waals surface area contributed by atoms with E-state index in [9.17, 15) is 4.79 Å². The van der Waals surface area contributed by atoms with Crippen LogP contribution in [0.15, 0.2) is 47.1 Å². The smallest absolute Gasteiger partial charge is 0.363 e. The molecule has 2 heterocycles. The fraction of sp³-hybridized carbons (Fsp3) is 0.238. The van der Waals surface area contributed by atoms with Crippen molar-refractivity contribution in [3.8, 4) is 23.0 Å². The Kier molecular flexibility index (Phi) is 4.89. The molecule has 0 N–H and O–H groups in total. The summed E-state index contributed by atoms with van der Waals surface area (Å²) in [4.78, 5) is 16.6. The fourth-order valence-electron chi connectivity index (χ4n) is 2.83. The number of fused-ring (bicyclic) bond motifs is 1. The van der Waals surface area contributed by atoms with E-state index in [-0.39, 0.29) is 18.4 Å². The molecule has 2 aliphatic heterocycles. The summed E-state index contributed by atoms with van der Waals surface area (Å²) in [5.74, 6) is 2.21. The van der Waals surface area contributed by atoms with Gasteiger partial charge >= 0.3 is 5.97 Å². The first-order valence-corrected chi connectivity index (χ1v) is 8.91. The van der Waals surface area contributed by atoms with Gasteiger partial charge in [0, 0.05) is 5.56 Å². The Hall–Kier alpha value is -3.48. The summed E-state index contributed by atoms with van der Waals surface area (Å²) in [5, 5.41) is 0. The van der Waals surface area contributed by atoms with Gasteiger partial charge in [-0.15, -0.1) is 0 Å². The minimum absolute atomic E-state index is 0.177. The second-order valence-electron chi connectivity index (χ2n) is 6.16. The monoisotopic (exact) mass is 381 g/mol. The standard InChI is InChI=1S/C21H19NO6/c1-3-8-25-16-6-4-13(10-18(16)24-2)9-15-21(23)28-20(22-15)14-5-7-17-19(11-14)27-12-26-17/h4-7,9-11H,3,8,12H2,1-2H3. The highest BCUT2D eigenvalue weighted by Crippen LogP contribution is 2.34. The maximum Gasteiger partial charge on any atom is 0.363 e. The van der Waals surface area contributed by atoms with Crippen LogP contribution in [-0.2, 0) is 9.53 Å². The first-order chi connectivity index (χ1) is 13.7. The Bertz CT molecular complexity index is 979. The number of carbonyl (C=O) groups excluding carboxylic acids is 1. The molecule has 2 aromatic rings. The summed E-state index contributed by atoms with van der Waals surface area (Å²) in [6.07, 6.45) is 2.55. The van der Waals surface area contributed by atoms with Crippen molar-refractivity contribution in [3.05, 3.63) is 53.2 Å². The average Bonchev–Trinajstić information content (AvgIpc) is 3.33. The van der Waals surface area contributed by atoms with E-state index in [1.54, 1.807) is 37.5 Å². The number of carbonyl (C=O) groups is 1. The molecule has 4 rings (SSSR count). The number of hydrogen-bond acceptors (Lipinski definition) is 7. The highest BCUT2D eigenvalue weighted by atomic mass is 16.7. The lowest BCUT2D eigenvalue weighted by atomic mass is 10.1. The van der Waals surface area contributed by atoms with Crippen LogP contribution in [-0.4, -0.2) is 32.4 Å². The summed E-state index contributed by atoms with van der Waals surface area (Å²) in [6, 6.07) is 10.7. The summed E-state index contributed by atoms with van der Waals surface area (Å²) in [6.45, 7) is 2.81. The maximum absolute atomic E-state index is 12.2. The van der Waals surface area contributed by atoms with Crippen molar-refractivity contribution < 1.29 is 28.5 Å².